The Morgan fingerprint density at radius 3 is 2.79 bits per heavy atom. The monoisotopic (exact) mass is 218 g/mol. The van der Waals surface area contributed by atoms with Gasteiger partial charge in [0, 0.05) is 6.07 Å². The van der Waals surface area contributed by atoms with Gasteiger partial charge in [-0.05, 0) is 11.6 Å². The molecule has 4 nitrogen and oxygen atoms in total. The quantitative estimate of drug-likeness (QED) is 0.625. The second kappa shape index (κ2) is 4.34. The van der Waals surface area contributed by atoms with Crippen LogP contribution in [0.1, 0.15) is 11.6 Å². The fourth-order valence-electron chi connectivity index (χ4n) is 0.989. The molecule has 0 aliphatic rings. The first-order valence-corrected chi connectivity index (χ1v) is 4.19. The number of nitrogens with zero attached hydrogens (tertiary/aromatic N) is 1. The molecule has 0 fully saturated rings. The van der Waals surface area contributed by atoms with E-state index in [0.717, 1.165) is 0 Å². The topological polar surface area (TPSA) is 69.2 Å². The number of nitrogens with two attached hydrogens (primary N) is 1. The molecule has 1 atom stereocenters. The molecule has 14 heavy (non-hydrogen) atoms. The van der Waals surface area contributed by atoms with E-state index in [1.54, 1.807) is 0 Å². The van der Waals surface area contributed by atoms with E-state index in [1.165, 1.54) is 18.2 Å². The van der Waals surface area contributed by atoms with Crippen molar-refractivity contribution in [3.05, 3.63) is 38.9 Å². The minimum atomic E-state index is -0.842. The van der Waals surface area contributed by atoms with Crippen LogP contribution in [0.3, 0.4) is 0 Å². The van der Waals surface area contributed by atoms with Gasteiger partial charge < -0.3 is 5.73 Å². The molecule has 2 N–H and O–H groups in total. The van der Waals surface area contributed by atoms with Crippen molar-refractivity contribution in [1.29, 1.82) is 0 Å². The van der Waals surface area contributed by atoms with Gasteiger partial charge in [-0.1, -0.05) is 17.7 Å². The van der Waals surface area contributed by atoms with Gasteiger partial charge in [-0.15, -0.1) is 0 Å². The lowest BCUT2D eigenvalue weighted by atomic mass is 10.1. The summed E-state index contributed by atoms with van der Waals surface area (Å²) < 4.78 is 12.2. The van der Waals surface area contributed by atoms with Crippen LogP contribution in [0.2, 0.25) is 5.02 Å². The predicted molar refractivity (Wildman–Crippen MR) is 51.0 cm³/mol. The third-order valence-corrected chi connectivity index (χ3v) is 2.08. The molecule has 1 aromatic carbocycles. The van der Waals surface area contributed by atoms with Crippen LogP contribution in [-0.2, 0) is 0 Å². The zero-order valence-corrected chi connectivity index (χ0v) is 7.87. The highest BCUT2D eigenvalue weighted by Gasteiger charge is 2.15. The summed E-state index contributed by atoms with van der Waals surface area (Å²) in [4.78, 5) is 9.84. The van der Waals surface area contributed by atoms with E-state index in [-0.39, 0.29) is 10.7 Å². The number of hydrogen-bond acceptors (Lipinski definition) is 3. The molecule has 0 heterocycles. The van der Waals surface area contributed by atoms with E-state index in [0.29, 0.717) is 5.56 Å². The van der Waals surface area contributed by atoms with Crippen molar-refractivity contribution < 1.29 is 9.31 Å². The van der Waals surface area contributed by atoms with E-state index >= 15 is 0 Å². The second-order valence-electron chi connectivity index (χ2n) is 2.73. The highest BCUT2D eigenvalue weighted by Crippen LogP contribution is 2.27. The highest BCUT2D eigenvalue weighted by atomic mass is 35.5. The van der Waals surface area contributed by atoms with Crippen molar-refractivity contribution in [3.63, 3.8) is 0 Å². The van der Waals surface area contributed by atoms with Crippen molar-refractivity contribution in [2.75, 3.05) is 6.67 Å². The molecule has 0 aliphatic heterocycles. The summed E-state index contributed by atoms with van der Waals surface area (Å²) in [6, 6.07) is 3.16. The minimum Gasteiger partial charge on any atom is -0.322 e. The van der Waals surface area contributed by atoms with E-state index < -0.39 is 17.6 Å². The molecule has 6 heteroatoms. The first-order valence-electron chi connectivity index (χ1n) is 3.81. The molecule has 0 aromatic heterocycles. The molecule has 0 radical (unpaired) electrons. The van der Waals surface area contributed by atoms with Gasteiger partial charge >= 0.3 is 0 Å². The lowest BCUT2D eigenvalue weighted by molar-refractivity contribution is -0.384. The molecular weight excluding hydrogens is 211 g/mol. The van der Waals surface area contributed by atoms with E-state index in [4.69, 9.17) is 17.3 Å². The summed E-state index contributed by atoms with van der Waals surface area (Å²) in [7, 11) is 0. The zero-order valence-electron chi connectivity index (χ0n) is 7.11. The molecule has 0 spiro atoms. The van der Waals surface area contributed by atoms with Gasteiger partial charge in [-0.25, -0.2) is 4.39 Å². The van der Waals surface area contributed by atoms with Crippen LogP contribution in [0, 0.1) is 10.1 Å². The van der Waals surface area contributed by atoms with Crippen LogP contribution >= 0.6 is 11.6 Å². The summed E-state index contributed by atoms with van der Waals surface area (Å²) in [6.45, 7) is -0.765. The molecule has 0 unspecified atom stereocenters. The second-order valence-corrected chi connectivity index (χ2v) is 3.14. The lowest BCUT2D eigenvalue weighted by Gasteiger charge is -2.06. The number of rotatable bonds is 3. The summed E-state index contributed by atoms with van der Waals surface area (Å²) in [5.41, 5.74) is 5.48. The number of nitro groups is 1. The van der Waals surface area contributed by atoms with Gasteiger partial charge in [0.15, 0.2) is 0 Å². The third-order valence-electron chi connectivity index (χ3n) is 1.76. The van der Waals surface area contributed by atoms with Crippen molar-refractivity contribution >= 4 is 17.3 Å². The molecule has 1 rings (SSSR count). The summed E-state index contributed by atoms with van der Waals surface area (Å²) in [5.74, 6) is 0. The summed E-state index contributed by atoms with van der Waals surface area (Å²) >= 11 is 5.56. The van der Waals surface area contributed by atoms with Gasteiger partial charge in [0.1, 0.15) is 11.7 Å². The Morgan fingerprint density at radius 1 is 1.64 bits per heavy atom. The number of alkyl halides is 1. The fourth-order valence-corrected chi connectivity index (χ4v) is 1.18. The Morgan fingerprint density at radius 2 is 2.29 bits per heavy atom. The molecule has 1 aromatic rings. The number of nitro benzene ring substituents is 1. The standard InChI is InChI=1S/C8H8ClFN2O2/c9-6-2-1-5(7(11)4-10)3-8(6)12(13)14/h1-3,7H,4,11H2/t7-/m1/s1. The molecule has 0 aliphatic carbocycles. The van der Waals surface area contributed by atoms with Crippen LogP contribution in [0.25, 0.3) is 0 Å². The fraction of sp³-hybridized carbons (Fsp3) is 0.250. The summed E-state index contributed by atoms with van der Waals surface area (Å²) in [5, 5.41) is 10.5. The predicted octanol–water partition coefficient (Wildman–Crippen LogP) is 2.22. The zero-order chi connectivity index (χ0) is 10.7. The number of hydrogen-bond donors (Lipinski definition) is 1. The number of halogens is 2. The van der Waals surface area contributed by atoms with E-state index in [2.05, 4.69) is 0 Å². The van der Waals surface area contributed by atoms with Crippen LogP contribution in [-0.4, -0.2) is 11.6 Å². The van der Waals surface area contributed by atoms with Gasteiger partial charge in [-0.3, -0.25) is 10.1 Å². The molecule has 76 valence electrons. The Hall–Kier alpha value is -1.20. The van der Waals surface area contributed by atoms with Crippen LogP contribution in [0.15, 0.2) is 18.2 Å². The van der Waals surface area contributed by atoms with Crippen LogP contribution < -0.4 is 5.73 Å². The van der Waals surface area contributed by atoms with Crippen molar-refractivity contribution in [3.8, 4) is 0 Å². The normalized spacial score (nSPS) is 12.5. The third kappa shape index (κ3) is 2.18. The smallest absolute Gasteiger partial charge is 0.288 e. The van der Waals surface area contributed by atoms with Crippen LogP contribution in [0.5, 0.6) is 0 Å². The Balaban J connectivity index is 3.12. The van der Waals surface area contributed by atoms with E-state index in [1.807, 2.05) is 0 Å². The largest absolute Gasteiger partial charge is 0.322 e. The lowest BCUT2D eigenvalue weighted by Crippen LogP contribution is -2.12. The maximum atomic E-state index is 12.2. The Kier molecular flexibility index (Phi) is 3.38. The van der Waals surface area contributed by atoms with Gasteiger partial charge in [0.05, 0.1) is 11.0 Å². The first kappa shape index (κ1) is 10.9. The molecule has 0 saturated heterocycles. The first-order chi connectivity index (χ1) is 6.56. The van der Waals surface area contributed by atoms with Crippen molar-refractivity contribution in [2.24, 2.45) is 5.73 Å². The van der Waals surface area contributed by atoms with Gasteiger partial charge in [0.25, 0.3) is 5.69 Å². The van der Waals surface area contributed by atoms with Crippen LogP contribution in [0.4, 0.5) is 10.1 Å². The maximum Gasteiger partial charge on any atom is 0.288 e. The van der Waals surface area contributed by atoms with Gasteiger partial charge in [0.2, 0.25) is 0 Å². The van der Waals surface area contributed by atoms with Gasteiger partial charge in [-0.2, -0.15) is 0 Å². The van der Waals surface area contributed by atoms with Crippen molar-refractivity contribution in [1.82, 2.24) is 0 Å². The van der Waals surface area contributed by atoms with E-state index in [9.17, 15) is 14.5 Å². The minimum absolute atomic E-state index is 0.0183. The molecule has 0 saturated carbocycles. The average Bonchev–Trinajstić information content (AvgIpc) is 2.17. The number of benzene rings is 1. The molecular formula is C8H8ClFN2O2. The average molecular weight is 219 g/mol. The summed E-state index contributed by atoms with van der Waals surface area (Å²) in [6.07, 6.45) is 0. The Bertz CT molecular complexity index is 359. The SMILES string of the molecule is N[C@H](CF)c1ccc(Cl)c([N+](=O)[O-])c1. The maximum absolute atomic E-state index is 12.2. The van der Waals surface area contributed by atoms with Crippen molar-refractivity contribution in [2.45, 2.75) is 6.04 Å². The molecule has 0 bridgehead atoms. The molecule has 0 amide bonds. The Labute approximate surface area is 84.6 Å². The highest BCUT2D eigenvalue weighted by molar-refractivity contribution is 6.32.